The number of carbonyl (C=O) groups excluding carboxylic acids is 1. The van der Waals surface area contributed by atoms with Crippen molar-refractivity contribution in [2.75, 3.05) is 6.61 Å². The molecule has 2 rings (SSSR count). The fourth-order valence-corrected chi connectivity index (χ4v) is 2.29. The van der Waals surface area contributed by atoms with Gasteiger partial charge in [-0.25, -0.2) is 14.7 Å². The van der Waals surface area contributed by atoms with Gasteiger partial charge in [-0.15, -0.1) is 0 Å². The largest absolute Gasteiger partial charge is 0.350 e. The third-order valence-electron chi connectivity index (χ3n) is 3.08. The van der Waals surface area contributed by atoms with E-state index >= 15 is 0 Å². The second-order valence-electron chi connectivity index (χ2n) is 4.67. The number of hydrogen-bond donors (Lipinski definition) is 1. The van der Waals surface area contributed by atoms with E-state index in [-0.39, 0.29) is 24.4 Å². The zero-order valence-corrected chi connectivity index (χ0v) is 12.6. The van der Waals surface area contributed by atoms with Gasteiger partial charge in [-0.2, -0.15) is 0 Å². The highest BCUT2D eigenvalue weighted by Crippen LogP contribution is 2.16. The molecule has 1 amide bonds. The molecule has 20 heavy (non-hydrogen) atoms. The van der Waals surface area contributed by atoms with Crippen LogP contribution in [0, 0.1) is 5.82 Å². The summed E-state index contributed by atoms with van der Waals surface area (Å²) < 4.78 is 19.6. The molecule has 1 aliphatic rings. The van der Waals surface area contributed by atoms with Gasteiger partial charge in [0.2, 0.25) is 5.91 Å². The average Bonchev–Trinajstić information content (AvgIpc) is 2.45. The number of benzene rings is 1. The van der Waals surface area contributed by atoms with E-state index in [1.54, 1.807) is 12.1 Å². The lowest BCUT2D eigenvalue weighted by atomic mass is 10.1. The lowest BCUT2D eigenvalue weighted by Crippen LogP contribution is -2.33. The van der Waals surface area contributed by atoms with E-state index in [4.69, 9.17) is 9.57 Å². The van der Waals surface area contributed by atoms with Gasteiger partial charge < -0.3 is 4.74 Å². The van der Waals surface area contributed by atoms with Crippen LogP contribution in [0.2, 0.25) is 0 Å². The Kier molecular flexibility index (Phi) is 5.94. The molecule has 6 heteroatoms. The molecule has 110 valence electrons. The Morgan fingerprint density at radius 1 is 1.50 bits per heavy atom. The van der Waals surface area contributed by atoms with Crippen molar-refractivity contribution < 1.29 is 18.8 Å². The molecule has 0 bridgehead atoms. The molecule has 1 fully saturated rings. The molecular formula is C14H17BrFNO3. The molecule has 1 N–H and O–H groups in total. The highest BCUT2D eigenvalue weighted by molar-refractivity contribution is 9.10. The number of halogens is 2. The zero-order chi connectivity index (χ0) is 14.4. The Morgan fingerprint density at radius 2 is 2.35 bits per heavy atom. The van der Waals surface area contributed by atoms with Crippen LogP contribution in [-0.4, -0.2) is 18.8 Å². The van der Waals surface area contributed by atoms with Crippen molar-refractivity contribution in [2.45, 2.75) is 38.4 Å². The molecule has 1 aromatic rings. The van der Waals surface area contributed by atoms with Gasteiger partial charge in [-0.05, 0) is 37.0 Å². The smallest absolute Gasteiger partial charge is 0.243 e. The standard InChI is InChI=1S/C14H17BrFNO3/c15-11-6-4-10(12(16)9-11)5-7-13(18)17-20-14-3-1-2-8-19-14/h4,6,9,14H,1-3,5,7-8H2,(H,17,18). The Labute approximate surface area is 125 Å². The number of carbonyl (C=O) groups is 1. The van der Waals surface area contributed by atoms with Crippen LogP contribution in [0.15, 0.2) is 22.7 Å². The van der Waals surface area contributed by atoms with Crippen LogP contribution in [0.3, 0.4) is 0 Å². The monoisotopic (exact) mass is 345 g/mol. The van der Waals surface area contributed by atoms with E-state index in [0.29, 0.717) is 23.1 Å². The normalized spacial score (nSPS) is 18.8. The van der Waals surface area contributed by atoms with Gasteiger partial charge in [0, 0.05) is 23.9 Å². The van der Waals surface area contributed by atoms with Crippen molar-refractivity contribution in [2.24, 2.45) is 0 Å². The van der Waals surface area contributed by atoms with E-state index in [9.17, 15) is 9.18 Å². The molecule has 1 unspecified atom stereocenters. The number of hydrogen-bond acceptors (Lipinski definition) is 3. The summed E-state index contributed by atoms with van der Waals surface area (Å²) >= 11 is 3.19. The Balaban J connectivity index is 1.71. The SMILES string of the molecule is O=C(CCc1ccc(Br)cc1F)NOC1CCCCO1. The van der Waals surface area contributed by atoms with Crippen LogP contribution in [0.25, 0.3) is 0 Å². The first-order chi connectivity index (χ1) is 9.65. The van der Waals surface area contributed by atoms with Crippen LogP contribution in [0.4, 0.5) is 4.39 Å². The average molecular weight is 346 g/mol. The molecule has 0 aliphatic carbocycles. The lowest BCUT2D eigenvalue weighted by Gasteiger charge is -2.22. The maximum atomic E-state index is 13.6. The second kappa shape index (κ2) is 7.71. The Bertz CT molecular complexity index is 464. The van der Waals surface area contributed by atoms with Crippen molar-refractivity contribution >= 4 is 21.8 Å². The van der Waals surface area contributed by atoms with Crippen molar-refractivity contribution in [3.63, 3.8) is 0 Å². The number of ether oxygens (including phenoxy) is 1. The predicted octanol–water partition coefficient (Wildman–Crippen LogP) is 3.10. The number of aryl methyl sites for hydroxylation is 1. The Hall–Kier alpha value is -0.980. The summed E-state index contributed by atoms with van der Waals surface area (Å²) in [5, 5.41) is 0. The first-order valence-electron chi connectivity index (χ1n) is 6.65. The summed E-state index contributed by atoms with van der Waals surface area (Å²) in [6, 6.07) is 4.81. The first-order valence-corrected chi connectivity index (χ1v) is 7.44. The van der Waals surface area contributed by atoms with E-state index in [2.05, 4.69) is 21.4 Å². The van der Waals surface area contributed by atoms with Gasteiger partial charge in [0.05, 0.1) is 0 Å². The van der Waals surface area contributed by atoms with Gasteiger partial charge in [0.15, 0.2) is 6.29 Å². The lowest BCUT2D eigenvalue weighted by molar-refractivity contribution is -0.200. The maximum absolute atomic E-state index is 13.6. The molecular weight excluding hydrogens is 329 g/mol. The summed E-state index contributed by atoms with van der Waals surface area (Å²) in [5.74, 6) is -0.592. The molecule has 0 saturated carbocycles. The van der Waals surface area contributed by atoms with E-state index in [1.165, 1.54) is 6.07 Å². The second-order valence-corrected chi connectivity index (χ2v) is 5.59. The molecule has 1 aliphatic heterocycles. The van der Waals surface area contributed by atoms with Crippen molar-refractivity contribution in [3.05, 3.63) is 34.1 Å². The first kappa shape index (κ1) is 15.4. The summed E-state index contributed by atoms with van der Waals surface area (Å²) in [6.07, 6.45) is 2.98. The third kappa shape index (κ3) is 4.85. The zero-order valence-electron chi connectivity index (χ0n) is 11.0. The maximum Gasteiger partial charge on any atom is 0.243 e. The summed E-state index contributed by atoms with van der Waals surface area (Å²) in [5.41, 5.74) is 2.87. The quantitative estimate of drug-likeness (QED) is 0.834. The van der Waals surface area contributed by atoms with Gasteiger partial charge >= 0.3 is 0 Å². The van der Waals surface area contributed by atoms with Gasteiger partial charge in [-0.3, -0.25) is 4.79 Å². The topological polar surface area (TPSA) is 47.6 Å². The highest BCUT2D eigenvalue weighted by atomic mass is 79.9. The van der Waals surface area contributed by atoms with Gasteiger partial charge in [0.25, 0.3) is 0 Å². The number of hydroxylamine groups is 1. The van der Waals surface area contributed by atoms with Crippen molar-refractivity contribution in [1.82, 2.24) is 5.48 Å². The number of rotatable bonds is 5. The minimum atomic E-state index is -0.364. The number of nitrogens with one attached hydrogen (secondary N) is 1. The fraction of sp³-hybridized carbons (Fsp3) is 0.500. The van der Waals surface area contributed by atoms with Crippen LogP contribution in [0.5, 0.6) is 0 Å². The molecule has 1 saturated heterocycles. The van der Waals surface area contributed by atoms with E-state index < -0.39 is 0 Å². The summed E-state index contributed by atoms with van der Waals surface area (Å²) in [4.78, 5) is 16.8. The third-order valence-corrected chi connectivity index (χ3v) is 3.57. The van der Waals surface area contributed by atoms with Gasteiger partial charge in [0.1, 0.15) is 5.82 Å². The molecule has 1 atom stereocenters. The highest BCUT2D eigenvalue weighted by Gasteiger charge is 2.15. The number of amides is 1. The minimum absolute atomic E-state index is 0.172. The molecule has 0 radical (unpaired) electrons. The van der Waals surface area contributed by atoms with Crippen molar-refractivity contribution in [1.29, 1.82) is 0 Å². The van der Waals surface area contributed by atoms with Crippen LogP contribution >= 0.6 is 15.9 Å². The predicted molar refractivity (Wildman–Crippen MR) is 75.2 cm³/mol. The molecule has 1 aromatic carbocycles. The molecule has 1 heterocycles. The van der Waals surface area contributed by atoms with Crippen LogP contribution < -0.4 is 5.48 Å². The minimum Gasteiger partial charge on any atom is -0.350 e. The fourth-order valence-electron chi connectivity index (χ4n) is 1.96. The summed E-state index contributed by atoms with van der Waals surface area (Å²) in [7, 11) is 0. The molecule has 4 nitrogen and oxygen atoms in total. The van der Waals surface area contributed by atoms with Crippen LogP contribution in [-0.2, 0) is 20.8 Å². The summed E-state index contributed by atoms with van der Waals surface area (Å²) in [6.45, 7) is 0.657. The molecule has 0 aromatic heterocycles. The van der Waals surface area contributed by atoms with E-state index in [1.807, 2.05) is 0 Å². The Morgan fingerprint density at radius 3 is 3.05 bits per heavy atom. The van der Waals surface area contributed by atoms with Gasteiger partial charge in [-0.1, -0.05) is 22.0 Å². The van der Waals surface area contributed by atoms with Crippen LogP contribution in [0.1, 0.15) is 31.2 Å². The van der Waals surface area contributed by atoms with Crippen molar-refractivity contribution in [3.8, 4) is 0 Å². The molecule has 0 spiro atoms. The van der Waals surface area contributed by atoms with E-state index in [0.717, 1.165) is 19.3 Å².